The first-order chi connectivity index (χ1) is 10.9. The molecule has 3 atom stereocenters. The lowest BCUT2D eigenvalue weighted by molar-refractivity contribution is -0.158. The number of carbonyl (C=O) groups is 2. The Morgan fingerprint density at radius 2 is 1.87 bits per heavy atom. The van der Waals surface area contributed by atoms with E-state index in [0.29, 0.717) is 31.1 Å². The highest BCUT2D eigenvalue weighted by Gasteiger charge is 2.69. The molecular weight excluding hydrogens is 294 g/mol. The van der Waals surface area contributed by atoms with E-state index in [1.165, 1.54) is 0 Å². The third kappa shape index (κ3) is 2.60. The minimum Gasteiger partial charge on any atom is -0.432 e. The first-order valence-electron chi connectivity index (χ1n) is 8.20. The zero-order valence-electron chi connectivity index (χ0n) is 13.8. The monoisotopic (exact) mass is 317 g/mol. The van der Waals surface area contributed by atoms with Crippen LogP contribution in [0.5, 0.6) is 0 Å². The molecule has 2 aliphatic carbocycles. The Hall–Kier alpha value is -1.96. The predicted molar refractivity (Wildman–Crippen MR) is 83.6 cm³/mol. The van der Waals surface area contributed by atoms with E-state index in [4.69, 9.17) is 9.57 Å². The molecule has 0 aromatic rings. The standard InChI is InChI=1S/C18H23NO4/c1-13-8-9-15(20)19(13)23-16(21)22-12-14-17(2)10-6-4-5-7-11-18(14,17)3/h14H,1,6-12H2,2-3H3/t14?,17-,18+. The second kappa shape index (κ2) is 5.59. The molecule has 1 unspecified atom stereocenters. The Morgan fingerprint density at radius 1 is 1.26 bits per heavy atom. The number of nitrogens with zero attached hydrogens (tertiary/aromatic N) is 1. The molecule has 3 aliphatic rings. The fourth-order valence-electron chi connectivity index (χ4n) is 4.18. The van der Waals surface area contributed by atoms with E-state index in [2.05, 4.69) is 32.3 Å². The van der Waals surface area contributed by atoms with Crippen molar-refractivity contribution in [3.8, 4) is 11.8 Å². The van der Waals surface area contributed by atoms with E-state index in [0.717, 1.165) is 30.7 Å². The van der Waals surface area contributed by atoms with Crippen LogP contribution in [-0.2, 0) is 14.4 Å². The van der Waals surface area contributed by atoms with E-state index in [-0.39, 0.29) is 16.7 Å². The average Bonchev–Trinajstić information content (AvgIpc) is 2.74. The van der Waals surface area contributed by atoms with Crippen molar-refractivity contribution in [2.24, 2.45) is 16.7 Å². The summed E-state index contributed by atoms with van der Waals surface area (Å²) in [5, 5.41) is 0.954. The zero-order valence-corrected chi connectivity index (χ0v) is 13.8. The average molecular weight is 317 g/mol. The van der Waals surface area contributed by atoms with E-state index in [1.54, 1.807) is 0 Å². The fraction of sp³-hybridized carbons (Fsp3) is 0.667. The number of hydrogen-bond donors (Lipinski definition) is 0. The van der Waals surface area contributed by atoms with Gasteiger partial charge in [0.15, 0.2) is 0 Å². The molecular formula is C18H23NO4. The van der Waals surface area contributed by atoms with Gasteiger partial charge in [-0.15, -0.1) is 16.9 Å². The van der Waals surface area contributed by atoms with E-state index in [1.807, 2.05) is 0 Å². The molecule has 2 fully saturated rings. The van der Waals surface area contributed by atoms with Crippen molar-refractivity contribution in [1.29, 1.82) is 0 Å². The van der Waals surface area contributed by atoms with Crippen LogP contribution in [0.4, 0.5) is 4.79 Å². The zero-order chi connectivity index (χ0) is 16.7. The maximum Gasteiger partial charge on any atom is 0.533 e. The minimum atomic E-state index is -0.830. The van der Waals surface area contributed by atoms with Gasteiger partial charge in [0.25, 0.3) is 5.91 Å². The Balaban J connectivity index is 1.54. The number of allylic oxidation sites excluding steroid dienone is 1. The normalized spacial score (nSPS) is 35.6. The number of carbonyl (C=O) groups excluding carboxylic acids is 2. The van der Waals surface area contributed by atoms with Crippen molar-refractivity contribution < 1.29 is 19.2 Å². The van der Waals surface area contributed by atoms with Crippen molar-refractivity contribution in [2.45, 2.75) is 52.4 Å². The van der Waals surface area contributed by atoms with Crippen LogP contribution in [0, 0.1) is 28.6 Å². The van der Waals surface area contributed by atoms with Crippen molar-refractivity contribution in [3.05, 3.63) is 12.3 Å². The summed E-state index contributed by atoms with van der Waals surface area (Å²) in [4.78, 5) is 28.4. The van der Waals surface area contributed by atoms with Gasteiger partial charge in [0.05, 0.1) is 12.3 Å². The summed E-state index contributed by atoms with van der Waals surface area (Å²) in [6.07, 6.45) is 3.87. The van der Waals surface area contributed by atoms with Crippen LogP contribution >= 0.6 is 0 Å². The number of amides is 1. The molecule has 124 valence electrons. The largest absolute Gasteiger partial charge is 0.533 e. The van der Waals surface area contributed by atoms with Crippen molar-refractivity contribution >= 4 is 12.1 Å². The summed E-state index contributed by atoms with van der Waals surface area (Å²) in [5.41, 5.74) is 0.821. The van der Waals surface area contributed by atoms with Gasteiger partial charge in [0, 0.05) is 25.2 Å². The van der Waals surface area contributed by atoms with Crippen LogP contribution in [0.1, 0.15) is 52.4 Å². The van der Waals surface area contributed by atoms with E-state index < -0.39 is 6.16 Å². The predicted octanol–water partition coefficient (Wildman–Crippen LogP) is 3.41. The molecule has 0 bridgehead atoms. The molecule has 1 saturated carbocycles. The summed E-state index contributed by atoms with van der Waals surface area (Å²) >= 11 is 0. The fourth-order valence-corrected chi connectivity index (χ4v) is 4.18. The van der Waals surface area contributed by atoms with Gasteiger partial charge in [-0.3, -0.25) is 9.63 Å². The van der Waals surface area contributed by atoms with Crippen LogP contribution in [0.3, 0.4) is 0 Å². The van der Waals surface area contributed by atoms with Crippen molar-refractivity contribution in [1.82, 2.24) is 5.06 Å². The van der Waals surface area contributed by atoms with Gasteiger partial charge in [-0.25, -0.2) is 4.79 Å². The van der Waals surface area contributed by atoms with Gasteiger partial charge in [-0.2, -0.15) is 0 Å². The first kappa shape index (κ1) is 15.9. The third-order valence-corrected chi connectivity index (χ3v) is 6.10. The lowest BCUT2D eigenvalue weighted by Gasteiger charge is -2.17. The summed E-state index contributed by atoms with van der Waals surface area (Å²) in [7, 11) is 0. The van der Waals surface area contributed by atoms with Gasteiger partial charge in [0.2, 0.25) is 0 Å². The summed E-state index contributed by atoms with van der Waals surface area (Å²) in [6, 6.07) is 0. The van der Waals surface area contributed by atoms with Crippen LogP contribution in [0.15, 0.2) is 12.3 Å². The molecule has 1 amide bonds. The summed E-state index contributed by atoms with van der Waals surface area (Å²) < 4.78 is 5.29. The van der Waals surface area contributed by atoms with Crippen LogP contribution < -0.4 is 0 Å². The highest BCUT2D eigenvalue weighted by Crippen LogP contribution is 2.73. The minimum absolute atomic E-state index is 0.162. The topological polar surface area (TPSA) is 55.8 Å². The number of rotatable bonds is 3. The molecule has 0 aromatic carbocycles. The van der Waals surface area contributed by atoms with Crippen LogP contribution in [-0.4, -0.2) is 23.7 Å². The smallest absolute Gasteiger partial charge is 0.432 e. The second-order valence-electron chi connectivity index (χ2n) is 7.15. The van der Waals surface area contributed by atoms with Crippen LogP contribution in [0.2, 0.25) is 0 Å². The number of hydrogen-bond acceptors (Lipinski definition) is 4. The first-order valence-corrected chi connectivity index (χ1v) is 8.20. The Morgan fingerprint density at radius 3 is 2.39 bits per heavy atom. The number of hydroxylamine groups is 2. The van der Waals surface area contributed by atoms with Gasteiger partial charge in [-0.05, 0) is 30.1 Å². The Kier molecular flexibility index (Phi) is 3.87. The third-order valence-electron chi connectivity index (χ3n) is 6.10. The van der Waals surface area contributed by atoms with E-state index >= 15 is 0 Å². The maximum atomic E-state index is 11.9. The lowest BCUT2D eigenvalue weighted by atomic mass is 9.87. The SMILES string of the molecule is C=C1CCC(=O)N1OC(=O)OCC1[C@]2(C)CCC#CCC[C@]12C. The molecule has 0 aromatic heterocycles. The molecule has 5 nitrogen and oxygen atoms in total. The lowest BCUT2D eigenvalue weighted by Crippen LogP contribution is -2.27. The second-order valence-corrected chi connectivity index (χ2v) is 7.15. The maximum absolute atomic E-state index is 11.9. The Labute approximate surface area is 136 Å². The highest BCUT2D eigenvalue weighted by atomic mass is 16.8. The molecule has 0 radical (unpaired) electrons. The quantitative estimate of drug-likeness (QED) is 0.591. The van der Waals surface area contributed by atoms with Gasteiger partial charge in [0.1, 0.15) is 0 Å². The Bertz CT molecular complexity index is 576. The van der Waals surface area contributed by atoms with E-state index in [9.17, 15) is 9.59 Å². The van der Waals surface area contributed by atoms with Crippen LogP contribution in [0.25, 0.3) is 0 Å². The molecule has 1 aliphatic heterocycles. The molecule has 0 N–H and O–H groups in total. The molecule has 1 heterocycles. The van der Waals surface area contributed by atoms with Gasteiger partial charge >= 0.3 is 6.16 Å². The van der Waals surface area contributed by atoms with Crippen molar-refractivity contribution in [2.75, 3.05) is 6.61 Å². The molecule has 5 heteroatoms. The van der Waals surface area contributed by atoms with Crippen molar-refractivity contribution in [3.63, 3.8) is 0 Å². The number of ether oxygens (including phenoxy) is 1. The molecule has 0 spiro atoms. The molecule has 23 heavy (non-hydrogen) atoms. The van der Waals surface area contributed by atoms with Gasteiger partial charge < -0.3 is 4.74 Å². The molecule has 3 rings (SSSR count). The summed E-state index contributed by atoms with van der Waals surface area (Å²) in [5.74, 6) is 6.44. The highest BCUT2D eigenvalue weighted by molar-refractivity contribution is 5.81. The number of fused-ring (bicyclic) bond motifs is 1. The van der Waals surface area contributed by atoms with Gasteiger partial charge in [-0.1, -0.05) is 20.4 Å². The summed E-state index contributed by atoms with van der Waals surface area (Å²) in [6.45, 7) is 8.54. The molecule has 1 saturated heterocycles.